The molecule has 4 rings (SSSR count). The Hall–Kier alpha value is -2.60. The predicted molar refractivity (Wildman–Crippen MR) is 120 cm³/mol. The van der Waals surface area contributed by atoms with Gasteiger partial charge in [-0.25, -0.2) is 4.98 Å². The minimum absolute atomic E-state index is 0.228. The number of thiazole rings is 1. The van der Waals surface area contributed by atoms with Gasteiger partial charge in [0.25, 0.3) is 5.91 Å². The maximum absolute atomic E-state index is 13.1. The number of hydrogen-bond donors (Lipinski definition) is 0. The molecule has 4 aromatic rings. The molecule has 4 nitrogen and oxygen atoms in total. The van der Waals surface area contributed by atoms with Gasteiger partial charge >= 0.3 is 0 Å². The second kappa shape index (κ2) is 8.41. The van der Waals surface area contributed by atoms with E-state index in [1.807, 2.05) is 43.3 Å². The first-order valence-corrected chi connectivity index (χ1v) is 10.4. The third-order valence-corrected chi connectivity index (χ3v) is 6.27. The summed E-state index contributed by atoms with van der Waals surface area (Å²) in [4.78, 5) is 19.4. The van der Waals surface area contributed by atoms with Gasteiger partial charge in [-0.15, -0.1) is 0 Å². The molecule has 0 spiro atoms. The molecule has 2 aromatic heterocycles. The number of aryl methyl sites for hydroxylation is 1. The van der Waals surface area contributed by atoms with Crippen molar-refractivity contribution in [3.05, 3.63) is 87.8 Å². The van der Waals surface area contributed by atoms with E-state index in [4.69, 9.17) is 27.6 Å². The van der Waals surface area contributed by atoms with Gasteiger partial charge < -0.3 is 4.42 Å². The average molecular weight is 443 g/mol. The number of nitrogens with zero attached hydrogens (tertiary/aromatic N) is 2. The maximum Gasteiger partial charge on any atom is 0.253 e. The van der Waals surface area contributed by atoms with Gasteiger partial charge in [0.1, 0.15) is 5.76 Å². The summed E-state index contributed by atoms with van der Waals surface area (Å²) < 4.78 is 6.31. The molecule has 0 aliphatic carbocycles. The topological polar surface area (TPSA) is 46.3 Å². The zero-order chi connectivity index (χ0) is 20.4. The Morgan fingerprint density at radius 1 is 1.14 bits per heavy atom. The molecule has 29 heavy (non-hydrogen) atoms. The van der Waals surface area contributed by atoms with Crippen molar-refractivity contribution in [1.29, 1.82) is 0 Å². The summed E-state index contributed by atoms with van der Waals surface area (Å²) in [6.07, 6.45) is 4.77. The van der Waals surface area contributed by atoms with Gasteiger partial charge in [-0.05, 0) is 48.4 Å². The largest absolute Gasteiger partial charge is 0.467 e. The highest BCUT2D eigenvalue weighted by Crippen LogP contribution is 2.36. The van der Waals surface area contributed by atoms with Crippen molar-refractivity contribution in [1.82, 2.24) is 4.98 Å². The number of fused-ring (bicyclic) bond motifs is 1. The Labute approximate surface area is 182 Å². The van der Waals surface area contributed by atoms with Crippen LogP contribution < -0.4 is 4.90 Å². The number of furan rings is 1. The second-order valence-corrected chi connectivity index (χ2v) is 8.19. The minimum atomic E-state index is -0.228. The van der Waals surface area contributed by atoms with Gasteiger partial charge in [-0.3, -0.25) is 9.69 Å². The lowest BCUT2D eigenvalue weighted by molar-refractivity contribution is -0.114. The zero-order valence-electron chi connectivity index (χ0n) is 15.4. The molecule has 146 valence electrons. The fourth-order valence-electron chi connectivity index (χ4n) is 2.87. The molecular weight excluding hydrogens is 427 g/mol. The van der Waals surface area contributed by atoms with Crippen LogP contribution in [0.25, 0.3) is 16.3 Å². The van der Waals surface area contributed by atoms with Crippen LogP contribution in [0.3, 0.4) is 0 Å². The van der Waals surface area contributed by atoms with Crippen LogP contribution in [-0.2, 0) is 11.3 Å². The van der Waals surface area contributed by atoms with Crippen molar-refractivity contribution in [2.24, 2.45) is 0 Å². The molecule has 0 atom stereocenters. The van der Waals surface area contributed by atoms with E-state index in [0.717, 1.165) is 21.3 Å². The normalized spacial score (nSPS) is 11.4. The molecule has 0 N–H and O–H groups in total. The third kappa shape index (κ3) is 4.22. The fraction of sp³-hybridized carbons (Fsp3) is 0.0909. The lowest BCUT2D eigenvalue weighted by Crippen LogP contribution is -2.28. The van der Waals surface area contributed by atoms with Gasteiger partial charge in [-0.1, -0.05) is 58.8 Å². The van der Waals surface area contributed by atoms with Crippen molar-refractivity contribution >= 4 is 61.9 Å². The highest BCUT2D eigenvalue weighted by atomic mass is 35.5. The molecule has 1 amide bonds. The minimum Gasteiger partial charge on any atom is -0.467 e. The van der Waals surface area contributed by atoms with Crippen molar-refractivity contribution in [3.8, 4) is 0 Å². The highest BCUT2D eigenvalue weighted by molar-refractivity contribution is 7.23. The number of carbonyl (C=O) groups excluding carboxylic acids is 1. The number of rotatable bonds is 5. The highest BCUT2D eigenvalue weighted by Gasteiger charge is 2.21. The predicted octanol–water partition coefficient (Wildman–Crippen LogP) is 6.75. The van der Waals surface area contributed by atoms with Gasteiger partial charge in [-0.2, -0.15) is 0 Å². The lowest BCUT2D eigenvalue weighted by atomic mass is 10.2. The van der Waals surface area contributed by atoms with Gasteiger partial charge in [0, 0.05) is 11.1 Å². The summed E-state index contributed by atoms with van der Waals surface area (Å²) in [7, 11) is 0. The zero-order valence-corrected chi connectivity index (χ0v) is 17.8. The molecule has 0 unspecified atom stereocenters. The quantitative estimate of drug-likeness (QED) is 0.321. The fourth-order valence-corrected chi connectivity index (χ4v) is 4.39. The molecule has 0 saturated heterocycles. The van der Waals surface area contributed by atoms with E-state index in [0.29, 0.717) is 20.9 Å². The molecule has 0 saturated carbocycles. The van der Waals surface area contributed by atoms with Crippen LogP contribution in [0.15, 0.2) is 65.3 Å². The van der Waals surface area contributed by atoms with Crippen LogP contribution in [0.5, 0.6) is 0 Å². The number of halogens is 2. The van der Waals surface area contributed by atoms with E-state index in [1.165, 1.54) is 17.4 Å². The van der Waals surface area contributed by atoms with E-state index < -0.39 is 0 Å². The third-order valence-electron chi connectivity index (χ3n) is 4.39. The standard InChI is InChI=1S/C22H16Cl2N2O2S/c1-14-8-10-18(24)21-20(14)25-22(29-21)26(13-16-6-4-12-28-16)19(27)11-9-15-5-2-3-7-17(15)23/h2-12H,13H2,1H3/b11-9+. The van der Waals surface area contributed by atoms with E-state index in [1.54, 1.807) is 29.4 Å². The van der Waals surface area contributed by atoms with Crippen LogP contribution in [0.1, 0.15) is 16.9 Å². The Morgan fingerprint density at radius 3 is 2.69 bits per heavy atom. The molecular formula is C22H16Cl2N2O2S. The van der Waals surface area contributed by atoms with Crippen molar-refractivity contribution < 1.29 is 9.21 Å². The van der Waals surface area contributed by atoms with Crippen molar-refractivity contribution in [2.75, 3.05) is 4.90 Å². The van der Waals surface area contributed by atoms with Crippen LogP contribution in [0, 0.1) is 6.92 Å². The SMILES string of the molecule is Cc1ccc(Cl)c2sc(N(Cc3ccco3)C(=O)/C=C/c3ccccc3Cl)nc12. The molecule has 0 radical (unpaired) electrons. The maximum atomic E-state index is 13.1. The van der Waals surface area contributed by atoms with Crippen LogP contribution in [0.4, 0.5) is 5.13 Å². The smallest absolute Gasteiger partial charge is 0.253 e. The van der Waals surface area contributed by atoms with Crippen molar-refractivity contribution in [3.63, 3.8) is 0 Å². The first-order chi connectivity index (χ1) is 14.0. The number of aromatic nitrogens is 1. The number of hydrogen-bond acceptors (Lipinski definition) is 4. The first kappa shape index (κ1) is 19.7. The van der Waals surface area contributed by atoms with Gasteiger partial charge in [0.15, 0.2) is 5.13 Å². The monoisotopic (exact) mass is 442 g/mol. The summed E-state index contributed by atoms with van der Waals surface area (Å²) in [5.74, 6) is 0.431. The lowest BCUT2D eigenvalue weighted by Gasteiger charge is -2.16. The number of benzene rings is 2. The molecule has 0 aliphatic heterocycles. The van der Waals surface area contributed by atoms with E-state index >= 15 is 0 Å². The molecule has 7 heteroatoms. The molecule has 0 fully saturated rings. The average Bonchev–Trinajstić information content (AvgIpc) is 3.38. The van der Waals surface area contributed by atoms with Gasteiger partial charge in [0.2, 0.25) is 0 Å². The van der Waals surface area contributed by atoms with Crippen LogP contribution >= 0.6 is 34.5 Å². The Bertz CT molecular complexity index is 1160. The molecule has 2 heterocycles. The van der Waals surface area contributed by atoms with E-state index in [9.17, 15) is 4.79 Å². The van der Waals surface area contributed by atoms with Crippen LogP contribution in [-0.4, -0.2) is 10.9 Å². The van der Waals surface area contributed by atoms with Crippen LogP contribution in [0.2, 0.25) is 10.0 Å². The summed E-state index contributed by atoms with van der Waals surface area (Å²) >= 11 is 13.9. The van der Waals surface area contributed by atoms with E-state index in [-0.39, 0.29) is 12.5 Å². The van der Waals surface area contributed by atoms with Crippen molar-refractivity contribution in [2.45, 2.75) is 13.5 Å². The Kier molecular flexibility index (Phi) is 5.72. The summed E-state index contributed by atoms with van der Waals surface area (Å²) in [5.41, 5.74) is 2.57. The summed E-state index contributed by atoms with van der Waals surface area (Å²) in [6, 6.07) is 14.7. The number of amides is 1. The number of anilines is 1. The molecule has 2 aromatic carbocycles. The summed E-state index contributed by atoms with van der Waals surface area (Å²) in [5, 5.41) is 1.75. The molecule has 0 aliphatic rings. The van der Waals surface area contributed by atoms with Gasteiger partial charge in [0.05, 0.1) is 28.0 Å². The Morgan fingerprint density at radius 2 is 1.97 bits per heavy atom. The summed E-state index contributed by atoms with van der Waals surface area (Å²) in [6.45, 7) is 2.23. The molecule has 0 bridgehead atoms. The van der Waals surface area contributed by atoms with E-state index in [2.05, 4.69) is 4.98 Å². The Balaban J connectivity index is 1.72. The number of carbonyl (C=O) groups is 1. The first-order valence-electron chi connectivity index (χ1n) is 8.85. The second-order valence-electron chi connectivity index (χ2n) is 6.40.